The molecule has 0 fully saturated rings. The predicted molar refractivity (Wildman–Crippen MR) is 93.2 cm³/mol. The lowest BCUT2D eigenvalue weighted by molar-refractivity contribution is 0.0953. The molecule has 0 aliphatic rings. The lowest BCUT2D eigenvalue weighted by atomic mass is 10.2. The van der Waals surface area contributed by atoms with Crippen LogP contribution in [-0.2, 0) is 0 Å². The minimum Gasteiger partial charge on any atom is -0.466 e. The zero-order valence-electron chi connectivity index (χ0n) is 14.1. The number of amides is 1. The second-order valence-electron chi connectivity index (χ2n) is 5.29. The Morgan fingerprint density at radius 2 is 1.87 bits per heavy atom. The summed E-state index contributed by atoms with van der Waals surface area (Å²) in [6.07, 6.45) is 1.63. The van der Waals surface area contributed by atoms with Crippen molar-refractivity contribution in [2.24, 2.45) is 5.10 Å². The molecule has 0 spiro atoms. The fraction of sp³-hybridized carbons (Fsp3) is 0.333. The van der Waals surface area contributed by atoms with Crippen molar-refractivity contribution in [2.45, 2.75) is 27.7 Å². The molecule has 0 aliphatic heterocycles. The number of hydrogen-bond donors (Lipinski definition) is 1. The molecule has 2 rings (SSSR count). The van der Waals surface area contributed by atoms with Crippen molar-refractivity contribution in [1.29, 1.82) is 0 Å². The van der Waals surface area contributed by atoms with Crippen LogP contribution in [0.4, 0.5) is 5.69 Å². The number of rotatable bonds is 6. The second kappa shape index (κ2) is 7.63. The maximum Gasteiger partial charge on any atom is 0.274 e. The molecule has 23 heavy (non-hydrogen) atoms. The van der Waals surface area contributed by atoms with Crippen molar-refractivity contribution in [2.75, 3.05) is 18.0 Å². The van der Waals surface area contributed by atoms with Crippen LogP contribution in [0.25, 0.3) is 0 Å². The van der Waals surface area contributed by atoms with Crippen LogP contribution in [0.5, 0.6) is 0 Å². The van der Waals surface area contributed by atoms with Crippen LogP contribution < -0.4 is 10.3 Å². The van der Waals surface area contributed by atoms with E-state index in [9.17, 15) is 4.79 Å². The van der Waals surface area contributed by atoms with E-state index >= 15 is 0 Å². The summed E-state index contributed by atoms with van der Waals surface area (Å²) < 4.78 is 5.34. The molecule has 5 heteroatoms. The van der Waals surface area contributed by atoms with Crippen molar-refractivity contribution in [3.8, 4) is 0 Å². The number of nitrogens with zero attached hydrogens (tertiary/aromatic N) is 2. The summed E-state index contributed by atoms with van der Waals surface area (Å²) >= 11 is 0. The SMILES string of the molecule is CCN(CC)c1ccc(/C=N\NC(=O)c2cc(C)oc2C)cc1. The Balaban J connectivity index is 1.98. The predicted octanol–water partition coefficient (Wildman–Crippen LogP) is 3.51. The fourth-order valence-corrected chi connectivity index (χ4v) is 2.44. The summed E-state index contributed by atoms with van der Waals surface area (Å²) in [5.41, 5.74) is 5.15. The van der Waals surface area contributed by atoms with Gasteiger partial charge in [-0.1, -0.05) is 12.1 Å². The molecule has 1 aromatic carbocycles. The molecule has 0 aliphatic carbocycles. The Morgan fingerprint density at radius 1 is 1.22 bits per heavy atom. The molecule has 0 saturated heterocycles. The van der Waals surface area contributed by atoms with E-state index in [0.29, 0.717) is 17.1 Å². The largest absolute Gasteiger partial charge is 0.466 e. The van der Waals surface area contributed by atoms with E-state index in [1.54, 1.807) is 19.2 Å². The standard InChI is InChI=1S/C18H23N3O2/c1-5-21(6-2)16-9-7-15(8-10-16)12-19-20-18(22)17-11-13(3)23-14(17)4/h7-12H,5-6H2,1-4H3,(H,20,22)/b19-12-. The number of furan rings is 1. The molecular weight excluding hydrogens is 290 g/mol. The average molecular weight is 313 g/mol. The molecule has 0 bridgehead atoms. The Hall–Kier alpha value is -2.56. The third-order valence-corrected chi connectivity index (χ3v) is 3.69. The summed E-state index contributed by atoms with van der Waals surface area (Å²) in [6, 6.07) is 9.78. The highest BCUT2D eigenvalue weighted by Gasteiger charge is 2.12. The first-order chi connectivity index (χ1) is 11.0. The molecule has 1 aromatic heterocycles. The van der Waals surface area contributed by atoms with Gasteiger partial charge in [-0.25, -0.2) is 5.43 Å². The van der Waals surface area contributed by atoms with Crippen molar-refractivity contribution in [3.05, 3.63) is 53.0 Å². The van der Waals surface area contributed by atoms with Crippen LogP contribution in [0.3, 0.4) is 0 Å². The van der Waals surface area contributed by atoms with Gasteiger partial charge in [-0.2, -0.15) is 5.10 Å². The number of carbonyl (C=O) groups is 1. The van der Waals surface area contributed by atoms with Crippen molar-refractivity contribution in [1.82, 2.24) is 5.43 Å². The summed E-state index contributed by atoms with van der Waals surface area (Å²) in [5, 5.41) is 4.00. The van der Waals surface area contributed by atoms with E-state index in [-0.39, 0.29) is 5.91 Å². The Bertz CT molecular complexity index is 683. The minimum absolute atomic E-state index is 0.268. The molecule has 122 valence electrons. The van der Waals surface area contributed by atoms with Gasteiger partial charge in [-0.15, -0.1) is 0 Å². The van der Waals surface area contributed by atoms with Crippen LogP contribution in [0.2, 0.25) is 0 Å². The lowest BCUT2D eigenvalue weighted by Crippen LogP contribution is -2.21. The summed E-state index contributed by atoms with van der Waals surface area (Å²) in [4.78, 5) is 14.3. The van der Waals surface area contributed by atoms with Crippen molar-refractivity contribution in [3.63, 3.8) is 0 Å². The van der Waals surface area contributed by atoms with Gasteiger partial charge in [0.1, 0.15) is 11.5 Å². The van der Waals surface area contributed by atoms with Gasteiger partial charge in [0.15, 0.2) is 0 Å². The quantitative estimate of drug-likeness (QED) is 0.656. The monoisotopic (exact) mass is 313 g/mol. The number of hydrazone groups is 1. The number of hydrogen-bond acceptors (Lipinski definition) is 4. The minimum atomic E-state index is -0.268. The van der Waals surface area contributed by atoms with Gasteiger partial charge in [-0.3, -0.25) is 4.79 Å². The fourth-order valence-electron chi connectivity index (χ4n) is 2.44. The zero-order chi connectivity index (χ0) is 16.8. The average Bonchev–Trinajstić information content (AvgIpc) is 2.88. The Labute approximate surface area is 137 Å². The van der Waals surface area contributed by atoms with E-state index < -0.39 is 0 Å². The number of benzene rings is 1. The highest BCUT2D eigenvalue weighted by atomic mass is 16.3. The summed E-state index contributed by atoms with van der Waals surface area (Å²) in [7, 11) is 0. The molecule has 0 saturated carbocycles. The molecular formula is C18H23N3O2. The molecule has 2 aromatic rings. The van der Waals surface area contributed by atoms with Crippen molar-refractivity contribution < 1.29 is 9.21 Å². The molecule has 0 unspecified atom stereocenters. The molecule has 1 N–H and O–H groups in total. The van der Waals surface area contributed by atoms with Crippen LogP contribution in [-0.4, -0.2) is 25.2 Å². The first kappa shape index (κ1) is 16.8. The first-order valence-corrected chi connectivity index (χ1v) is 7.80. The summed E-state index contributed by atoms with van der Waals surface area (Å²) in [6.45, 7) is 9.79. The lowest BCUT2D eigenvalue weighted by Gasteiger charge is -2.20. The normalized spacial score (nSPS) is 11.0. The van der Waals surface area contributed by atoms with Gasteiger partial charge in [0, 0.05) is 18.8 Å². The van der Waals surface area contributed by atoms with E-state index in [0.717, 1.165) is 18.7 Å². The number of aryl methyl sites for hydroxylation is 2. The number of anilines is 1. The highest BCUT2D eigenvalue weighted by molar-refractivity contribution is 5.95. The smallest absolute Gasteiger partial charge is 0.274 e. The third-order valence-electron chi connectivity index (χ3n) is 3.69. The van der Waals surface area contributed by atoms with E-state index in [1.165, 1.54) is 5.69 Å². The first-order valence-electron chi connectivity index (χ1n) is 7.80. The van der Waals surface area contributed by atoms with Gasteiger partial charge in [0.25, 0.3) is 5.91 Å². The number of carbonyl (C=O) groups excluding carboxylic acids is 1. The van der Waals surface area contributed by atoms with Crippen LogP contribution >= 0.6 is 0 Å². The van der Waals surface area contributed by atoms with Crippen molar-refractivity contribution >= 4 is 17.8 Å². The van der Waals surface area contributed by atoms with E-state index in [1.807, 2.05) is 19.1 Å². The molecule has 0 radical (unpaired) electrons. The van der Waals surface area contributed by atoms with Gasteiger partial charge >= 0.3 is 0 Å². The van der Waals surface area contributed by atoms with Gasteiger partial charge in [-0.05, 0) is 51.5 Å². The zero-order valence-corrected chi connectivity index (χ0v) is 14.1. The maximum atomic E-state index is 12.0. The van der Waals surface area contributed by atoms with Crippen LogP contribution in [0.15, 0.2) is 39.9 Å². The molecule has 1 amide bonds. The van der Waals surface area contributed by atoms with Crippen LogP contribution in [0.1, 0.15) is 41.3 Å². The van der Waals surface area contributed by atoms with E-state index in [2.05, 4.69) is 41.4 Å². The molecule has 1 heterocycles. The van der Waals surface area contributed by atoms with Gasteiger partial charge in [0.2, 0.25) is 0 Å². The van der Waals surface area contributed by atoms with Gasteiger partial charge in [0.05, 0.1) is 11.8 Å². The number of nitrogens with one attached hydrogen (secondary N) is 1. The molecule has 0 atom stereocenters. The highest BCUT2D eigenvalue weighted by Crippen LogP contribution is 2.14. The molecule has 5 nitrogen and oxygen atoms in total. The van der Waals surface area contributed by atoms with Gasteiger partial charge < -0.3 is 9.32 Å². The topological polar surface area (TPSA) is 57.8 Å². The maximum absolute atomic E-state index is 12.0. The third kappa shape index (κ3) is 4.22. The Morgan fingerprint density at radius 3 is 2.39 bits per heavy atom. The second-order valence-corrected chi connectivity index (χ2v) is 5.29. The van der Waals surface area contributed by atoms with E-state index in [4.69, 9.17) is 4.42 Å². The summed E-state index contributed by atoms with van der Waals surface area (Å²) in [5.74, 6) is 1.04. The van der Waals surface area contributed by atoms with Crippen LogP contribution in [0, 0.1) is 13.8 Å². The Kier molecular flexibility index (Phi) is 5.57.